The van der Waals surface area contributed by atoms with Gasteiger partial charge in [-0.1, -0.05) is 24.3 Å². The molecule has 1 aromatic heterocycles. The first-order chi connectivity index (χ1) is 11.0. The number of nitrogens with one attached hydrogen (secondary N) is 1. The lowest BCUT2D eigenvalue weighted by atomic mass is 9.96. The maximum atomic E-state index is 10.5. The molecule has 1 aromatic carbocycles. The molecule has 0 spiro atoms. The zero-order chi connectivity index (χ0) is 16.6. The number of fused-ring (bicyclic) bond motifs is 1. The number of aromatic nitrogens is 1. The molecule has 1 aliphatic heterocycles. The van der Waals surface area contributed by atoms with Gasteiger partial charge in [-0.2, -0.15) is 4.85 Å². The van der Waals surface area contributed by atoms with Crippen LogP contribution >= 0.6 is 0 Å². The fourth-order valence-electron chi connectivity index (χ4n) is 3.20. The van der Waals surface area contributed by atoms with E-state index in [2.05, 4.69) is 38.8 Å². The standard InChI is InChI=1S/C18H21N4O/c1-11-7-5-6-8-14(11)15-12(2)17(21-13(3)19-4)22-10-9-20-18(23)16(15)22/h4-8,18,20,23H,9-10H2,1-3H3/q+1. The predicted molar refractivity (Wildman–Crippen MR) is 93.4 cm³/mol. The molecule has 0 amide bonds. The minimum atomic E-state index is -0.712. The van der Waals surface area contributed by atoms with Crippen LogP contribution < -0.4 is 5.32 Å². The van der Waals surface area contributed by atoms with Crippen LogP contribution in [-0.2, 0) is 6.54 Å². The van der Waals surface area contributed by atoms with Gasteiger partial charge >= 0.3 is 5.84 Å². The first-order valence-electron chi connectivity index (χ1n) is 7.71. The molecule has 2 heterocycles. The second-order valence-corrected chi connectivity index (χ2v) is 5.82. The number of aryl methyl sites for hydroxylation is 1. The van der Waals surface area contributed by atoms with Crippen molar-refractivity contribution in [2.75, 3.05) is 6.54 Å². The molecule has 5 nitrogen and oxygen atoms in total. The lowest BCUT2D eigenvalue weighted by molar-refractivity contribution is 0.116. The van der Waals surface area contributed by atoms with Crippen molar-refractivity contribution in [3.05, 3.63) is 45.9 Å². The number of amidine groups is 1. The van der Waals surface area contributed by atoms with Gasteiger partial charge in [-0.05, 0) is 30.0 Å². The van der Waals surface area contributed by atoms with Crippen molar-refractivity contribution in [3.63, 3.8) is 0 Å². The molecule has 0 radical (unpaired) electrons. The molecule has 23 heavy (non-hydrogen) atoms. The topological polar surface area (TPSA) is 53.9 Å². The Kier molecular flexibility index (Phi) is 4.03. The summed E-state index contributed by atoms with van der Waals surface area (Å²) in [7, 11) is 0. The van der Waals surface area contributed by atoms with E-state index in [9.17, 15) is 5.11 Å². The Balaban J connectivity index is 2.33. The Morgan fingerprint density at radius 3 is 2.83 bits per heavy atom. The third-order valence-corrected chi connectivity index (χ3v) is 4.31. The maximum absolute atomic E-state index is 10.5. The van der Waals surface area contributed by atoms with Crippen molar-refractivity contribution in [1.29, 1.82) is 0 Å². The van der Waals surface area contributed by atoms with E-state index in [-0.39, 0.29) is 0 Å². The van der Waals surface area contributed by atoms with Crippen LogP contribution in [0.25, 0.3) is 16.0 Å². The highest BCUT2D eigenvalue weighted by Crippen LogP contribution is 2.41. The second kappa shape index (κ2) is 5.99. The quantitative estimate of drug-likeness (QED) is 0.660. The Hall–Kier alpha value is -2.42. The lowest BCUT2D eigenvalue weighted by Crippen LogP contribution is -2.33. The van der Waals surface area contributed by atoms with Crippen LogP contribution in [0, 0.1) is 20.4 Å². The second-order valence-electron chi connectivity index (χ2n) is 5.82. The SMILES string of the molecule is C#[N+]C(C)=Nc1c(C)c(-c2ccccc2C)c2n1CCNC2O. The summed E-state index contributed by atoms with van der Waals surface area (Å²) in [6.45, 7) is 12.6. The third-order valence-electron chi connectivity index (χ3n) is 4.31. The fourth-order valence-corrected chi connectivity index (χ4v) is 3.20. The normalized spacial score (nSPS) is 17.7. The first kappa shape index (κ1) is 15.5. The molecule has 2 aromatic rings. The summed E-state index contributed by atoms with van der Waals surface area (Å²) in [4.78, 5) is 8.20. The van der Waals surface area contributed by atoms with Crippen LogP contribution in [0.3, 0.4) is 0 Å². The number of aliphatic imine (C=N–C) groups is 1. The van der Waals surface area contributed by atoms with Gasteiger partial charge in [0.25, 0.3) is 5.82 Å². The third kappa shape index (κ3) is 2.56. The van der Waals surface area contributed by atoms with Gasteiger partial charge in [0.15, 0.2) is 0 Å². The Morgan fingerprint density at radius 1 is 1.39 bits per heavy atom. The van der Waals surface area contributed by atoms with Crippen molar-refractivity contribution >= 4 is 11.7 Å². The van der Waals surface area contributed by atoms with Gasteiger partial charge < -0.3 is 9.67 Å². The van der Waals surface area contributed by atoms with Gasteiger partial charge in [0.1, 0.15) is 12.8 Å². The number of hydrogen-bond acceptors (Lipinski definition) is 3. The van der Waals surface area contributed by atoms with E-state index >= 15 is 0 Å². The Morgan fingerprint density at radius 2 is 2.13 bits per heavy atom. The Labute approximate surface area is 136 Å². The Bertz CT molecular complexity index is 826. The molecule has 1 unspecified atom stereocenters. The summed E-state index contributed by atoms with van der Waals surface area (Å²) in [6, 6.07) is 8.18. The van der Waals surface area contributed by atoms with Crippen LogP contribution in [-0.4, -0.2) is 22.1 Å². The zero-order valence-electron chi connectivity index (χ0n) is 13.7. The molecule has 0 aliphatic carbocycles. The molecule has 0 saturated heterocycles. The van der Waals surface area contributed by atoms with E-state index in [1.165, 1.54) is 0 Å². The molecule has 2 N–H and O–H groups in total. The van der Waals surface area contributed by atoms with Crippen LogP contribution in [0.1, 0.15) is 30.0 Å². The van der Waals surface area contributed by atoms with Gasteiger partial charge in [-0.25, -0.2) is 0 Å². The molecular weight excluding hydrogens is 288 g/mol. The fraction of sp³-hybridized carbons (Fsp3) is 0.333. The molecule has 1 atom stereocenters. The number of aliphatic hydroxyl groups is 1. The van der Waals surface area contributed by atoms with Crippen LogP contribution in [0.2, 0.25) is 0 Å². The molecule has 5 heteroatoms. The van der Waals surface area contributed by atoms with Crippen LogP contribution in [0.5, 0.6) is 0 Å². The molecule has 0 fully saturated rings. The van der Waals surface area contributed by atoms with Gasteiger partial charge in [-0.3, -0.25) is 5.32 Å². The maximum Gasteiger partial charge on any atom is 0.399 e. The van der Waals surface area contributed by atoms with Crippen LogP contribution in [0.4, 0.5) is 5.82 Å². The molecule has 1 aliphatic rings. The van der Waals surface area contributed by atoms with Gasteiger partial charge in [0, 0.05) is 24.2 Å². The predicted octanol–water partition coefficient (Wildman–Crippen LogP) is 3.38. The lowest BCUT2D eigenvalue weighted by Gasteiger charge is -2.23. The summed E-state index contributed by atoms with van der Waals surface area (Å²) in [5, 5.41) is 13.6. The smallest absolute Gasteiger partial charge is 0.373 e. The number of rotatable bonds is 2. The zero-order valence-corrected chi connectivity index (χ0v) is 13.7. The van der Waals surface area contributed by atoms with E-state index < -0.39 is 6.23 Å². The van der Waals surface area contributed by atoms with E-state index in [0.29, 0.717) is 12.4 Å². The first-order valence-corrected chi connectivity index (χ1v) is 7.71. The minimum absolute atomic E-state index is 0.512. The van der Waals surface area contributed by atoms with Crippen molar-refractivity contribution < 1.29 is 5.11 Å². The van der Waals surface area contributed by atoms with E-state index in [0.717, 1.165) is 40.3 Å². The highest BCUT2D eigenvalue weighted by Gasteiger charge is 2.31. The highest BCUT2D eigenvalue weighted by molar-refractivity contribution is 5.92. The average Bonchev–Trinajstić information content (AvgIpc) is 2.82. The van der Waals surface area contributed by atoms with Crippen molar-refractivity contribution in [2.24, 2.45) is 4.99 Å². The van der Waals surface area contributed by atoms with E-state index in [1.54, 1.807) is 6.92 Å². The van der Waals surface area contributed by atoms with Gasteiger partial charge in [0.05, 0.1) is 12.6 Å². The largest absolute Gasteiger partial charge is 0.399 e. The molecule has 3 rings (SSSR count). The number of benzene rings is 1. The summed E-state index contributed by atoms with van der Waals surface area (Å²) in [5.41, 5.74) is 5.19. The van der Waals surface area contributed by atoms with E-state index in [4.69, 9.17) is 6.57 Å². The van der Waals surface area contributed by atoms with Crippen molar-refractivity contribution in [2.45, 2.75) is 33.5 Å². The summed E-state index contributed by atoms with van der Waals surface area (Å²) in [5.74, 6) is 1.32. The molecule has 0 saturated carbocycles. The molecule has 0 bridgehead atoms. The van der Waals surface area contributed by atoms with Crippen LogP contribution in [0.15, 0.2) is 29.3 Å². The summed E-state index contributed by atoms with van der Waals surface area (Å²) in [6.07, 6.45) is -0.712. The number of nitrogens with zero attached hydrogens (tertiary/aromatic N) is 3. The van der Waals surface area contributed by atoms with Crippen molar-refractivity contribution in [1.82, 2.24) is 9.88 Å². The monoisotopic (exact) mass is 309 g/mol. The highest BCUT2D eigenvalue weighted by atomic mass is 16.3. The van der Waals surface area contributed by atoms with Gasteiger partial charge in [-0.15, -0.1) is 0 Å². The van der Waals surface area contributed by atoms with Crippen molar-refractivity contribution in [3.8, 4) is 17.7 Å². The summed E-state index contributed by atoms with van der Waals surface area (Å²) < 4.78 is 2.06. The molecule has 118 valence electrons. The number of aliphatic hydroxyl groups excluding tert-OH is 1. The minimum Gasteiger partial charge on any atom is -0.373 e. The van der Waals surface area contributed by atoms with Gasteiger partial charge in [0.2, 0.25) is 0 Å². The van der Waals surface area contributed by atoms with E-state index in [1.807, 2.05) is 19.1 Å². The summed E-state index contributed by atoms with van der Waals surface area (Å²) >= 11 is 0. The average molecular weight is 309 g/mol. The number of hydrogen-bond donors (Lipinski definition) is 2. The molecular formula is C18H21N4O+.